The second-order valence-corrected chi connectivity index (χ2v) is 5.09. The molecular weight excluding hydrogens is 222 g/mol. The van der Waals surface area contributed by atoms with Crippen LogP contribution in [0.3, 0.4) is 0 Å². The van der Waals surface area contributed by atoms with Crippen LogP contribution in [0.25, 0.3) is 0 Å². The zero-order valence-corrected chi connectivity index (χ0v) is 12.3. The summed E-state index contributed by atoms with van der Waals surface area (Å²) in [6.45, 7) is 8.82. The number of benzene rings is 1. The molecule has 1 rings (SSSR count). The molecule has 0 heterocycles. The third kappa shape index (κ3) is 5.09. The molecule has 1 aromatic rings. The van der Waals surface area contributed by atoms with Crippen molar-refractivity contribution in [3.63, 3.8) is 0 Å². The normalized spacial score (nSPS) is 12.4. The summed E-state index contributed by atoms with van der Waals surface area (Å²) < 4.78 is 5.28. The molecule has 0 amide bonds. The zero-order chi connectivity index (χ0) is 13.4. The third-order valence-electron chi connectivity index (χ3n) is 3.45. The number of rotatable bonds is 8. The van der Waals surface area contributed by atoms with Gasteiger partial charge in [0.15, 0.2) is 0 Å². The SMILES string of the molecule is CCNCCC(C)CCc1ccc(OC)c(C)c1. The van der Waals surface area contributed by atoms with E-state index in [2.05, 4.69) is 44.3 Å². The second kappa shape index (κ2) is 8.15. The highest BCUT2D eigenvalue weighted by Crippen LogP contribution is 2.20. The summed E-state index contributed by atoms with van der Waals surface area (Å²) in [7, 11) is 1.73. The molecule has 102 valence electrons. The van der Waals surface area contributed by atoms with E-state index in [4.69, 9.17) is 4.74 Å². The van der Waals surface area contributed by atoms with Gasteiger partial charge in [-0.2, -0.15) is 0 Å². The van der Waals surface area contributed by atoms with Crippen LogP contribution >= 0.6 is 0 Å². The van der Waals surface area contributed by atoms with Crippen LogP contribution in [0.15, 0.2) is 18.2 Å². The molecule has 1 aromatic carbocycles. The predicted molar refractivity (Wildman–Crippen MR) is 78.4 cm³/mol. The minimum absolute atomic E-state index is 0.784. The molecule has 0 saturated heterocycles. The summed E-state index contributed by atoms with van der Waals surface area (Å²) >= 11 is 0. The predicted octanol–water partition coefficient (Wildman–Crippen LogP) is 3.57. The lowest BCUT2D eigenvalue weighted by Crippen LogP contribution is -2.16. The maximum Gasteiger partial charge on any atom is 0.121 e. The molecule has 0 spiro atoms. The first kappa shape index (κ1) is 15.0. The van der Waals surface area contributed by atoms with Gasteiger partial charge in [0.1, 0.15) is 5.75 Å². The lowest BCUT2D eigenvalue weighted by atomic mass is 9.97. The molecule has 0 radical (unpaired) electrons. The molecule has 2 heteroatoms. The lowest BCUT2D eigenvalue weighted by Gasteiger charge is -2.12. The molecule has 2 nitrogen and oxygen atoms in total. The monoisotopic (exact) mass is 249 g/mol. The maximum atomic E-state index is 5.28. The van der Waals surface area contributed by atoms with E-state index in [0.29, 0.717) is 0 Å². The molecular formula is C16H27NO. The van der Waals surface area contributed by atoms with Crippen LogP contribution in [0, 0.1) is 12.8 Å². The average molecular weight is 249 g/mol. The first-order valence-corrected chi connectivity index (χ1v) is 7.01. The van der Waals surface area contributed by atoms with E-state index >= 15 is 0 Å². The fourth-order valence-electron chi connectivity index (χ4n) is 2.18. The number of aryl methyl sites for hydroxylation is 2. The molecule has 0 aromatic heterocycles. The Morgan fingerprint density at radius 3 is 2.67 bits per heavy atom. The highest BCUT2D eigenvalue weighted by Gasteiger charge is 2.04. The van der Waals surface area contributed by atoms with Gasteiger partial charge in [-0.3, -0.25) is 0 Å². The molecule has 18 heavy (non-hydrogen) atoms. The second-order valence-electron chi connectivity index (χ2n) is 5.09. The lowest BCUT2D eigenvalue weighted by molar-refractivity contribution is 0.411. The summed E-state index contributed by atoms with van der Waals surface area (Å²) in [5.74, 6) is 1.77. The Bertz CT molecular complexity index is 349. The standard InChI is InChI=1S/C16H27NO/c1-5-17-11-10-13(2)6-7-15-8-9-16(18-4)14(3)12-15/h8-9,12-13,17H,5-7,10-11H2,1-4H3. The van der Waals surface area contributed by atoms with Crippen molar-refractivity contribution >= 4 is 0 Å². The highest BCUT2D eigenvalue weighted by atomic mass is 16.5. The van der Waals surface area contributed by atoms with Crippen molar-refractivity contribution in [2.45, 2.75) is 40.0 Å². The number of ether oxygens (including phenoxy) is 1. The van der Waals surface area contributed by atoms with Crippen molar-refractivity contribution < 1.29 is 4.74 Å². The minimum Gasteiger partial charge on any atom is -0.496 e. The van der Waals surface area contributed by atoms with E-state index in [1.54, 1.807) is 7.11 Å². The molecule has 0 fully saturated rings. The van der Waals surface area contributed by atoms with E-state index in [-0.39, 0.29) is 0 Å². The van der Waals surface area contributed by atoms with Gasteiger partial charge in [0, 0.05) is 0 Å². The Morgan fingerprint density at radius 2 is 2.06 bits per heavy atom. The summed E-state index contributed by atoms with van der Waals surface area (Å²) in [6.07, 6.45) is 3.69. The first-order valence-electron chi connectivity index (χ1n) is 7.01. The van der Waals surface area contributed by atoms with Gasteiger partial charge in [-0.05, 0) is 62.4 Å². The summed E-state index contributed by atoms with van der Waals surface area (Å²) in [6, 6.07) is 6.51. The molecule has 0 aliphatic carbocycles. The van der Waals surface area contributed by atoms with E-state index < -0.39 is 0 Å². The van der Waals surface area contributed by atoms with Gasteiger partial charge in [0.2, 0.25) is 0 Å². The maximum absolute atomic E-state index is 5.28. The summed E-state index contributed by atoms with van der Waals surface area (Å²) in [5, 5.41) is 3.38. The summed E-state index contributed by atoms with van der Waals surface area (Å²) in [4.78, 5) is 0. The molecule has 0 saturated carbocycles. The van der Waals surface area contributed by atoms with Gasteiger partial charge < -0.3 is 10.1 Å². The molecule has 0 aliphatic heterocycles. The molecule has 1 N–H and O–H groups in total. The summed E-state index contributed by atoms with van der Waals surface area (Å²) in [5.41, 5.74) is 2.65. The van der Waals surface area contributed by atoms with Gasteiger partial charge in [-0.1, -0.05) is 26.0 Å². The van der Waals surface area contributed by atoms with Crippen molar-refractivity contribution in [3.05, 3.63) is 29.3 Å². The van der Waals surface area contributed by atoms with Gasteiger partial charge in [0.05, 0.1) is 7.11 Å². The topological polar surface area (TPSA) is 21.3 Å². The van der Waals surface area contributed by atoms with Crippen molar-refractivity contribution in [2.75, 3.05) is 20.2 Å². The van der Waals surface area contributed by atoms with Crippen molar-refractivity contribution in [1.82, 2.24) is 5.32 Å². The van der Waals surface area contributed by atoms with Crippen LogP contribution in [0.1, 0.15) is 37.8 Å². The van der Waals surface area contributed by atoms with Crippen LogP contribution < -0.4 is 10.1 Å². The van der Waals surface area contributed by atoms with Crippen LogP contribution in [-0.4, -0.2) is 20.2 Å². The Kier molecular flexibility index (Phi) is 6.81. The number of nitrogens with one attached hydrogen (secondary N) is 1. The van der Waals surface area contributed by atoms with Crippen LogP contribution in [0.5, 0.6) is 5.75 Å². The van der Waals surface area contributed by atoms with Crippen molar-refractivity contribution in [3.8, 4) is 5.75 Å². The van der Waals surface area contributed by atoms with Crippen LogP contribution in [0.4, 0.5) is 0 Å². The van der Waals surface area contributed by atoms with E-state index in [0.717, 1.165) is 31.2 Å². The van der Waals surface area contributed by atoms with E-state index in [1.807, 2.05) is 0 Å². The van der Waals surface area contributed by atoms with Gasteiger partial charge in [0.25, 0.3) is 0 Å². The highest BCUT2D eigenvalue weighted by molar-refractivity contribution is 5.36. The smallest absolute Gasteiger partial charge is 0.121 e. The Hall–Kier alpha value is -1.02. The van der Waals surface area contributed by atoms with Crippen LogP contribution in [0.2, 0.25) is 0 Å². The van der Waals surface area contributed by atoms with E-state index in [1.165, 1.54) is 24.0 Å². The fourth-order valence-corrected chi connectivity index (χ4v) is 2.18. The minimum atomic E-state index is 0.784. The Morgan fingerprint density at radius 1 is 1.28 bits per heavy atom. The third-order valence-corrected chi connectivity index (χ3v) is 3.45. The van der Waals surface area contributed by atoms with Crippen molar-refractivity contribution in [2.24, 2.45) is 5.92 Å². The fraction of sp³-hybridized carbons (Fsp3) is 0.625. The Labute approximate surface area is 112 Å². The van der Waals surface area contributed by atoms with Crippen molar-refractivity contribution in [1.29, 1.82) is 0 Å². The molecule has 0 bridgehead atoms. The number of methoxy groups -OCH3 is 1. The quantitative estimate of drug-likeness (QED) is 0.711. The van der Waals surface area contributed by atoms with Gasteiger partial charge in [-0.15, -0.1) is 0 Å². The number of hydrogen-bond acceptors (Lipinski definition) is 2. The zero-order valence-electron chi connectivity index (χ0n) is 12.3. The molecule has 1 atom stereocenters. The Balaban J connectivity index is 2.36. The average Bonchev–Trinajstić information content (AvgIpc) is 2.37. The van der Waals surface area contributed by atoms with E-state index in [9.17, 15) is 0 Å². The van der Waals surface area contributed by atoms with Gasteiger partial charge >= 0.3 is 0 Å². The number of hydrogen-bond donors (Lipinski definition) is 1. The first-order chi connectivity index (χ1) is 8.67. The van der Waals surface area contributed by atoms with Crippen LogP contribution in [-0.2, 0) is 6.42 Å². The largest absolute Gasteiger partial charge is 0.496 e. The molecule has 1 unspecified atom stereocenters. The van der Waals surface area contributed by atoms with Gasteiger partial charge in [-0.25, -0.2) is 0 Å². The molecule has 0 aliphatic rings.